The van der Waals surface area contributed by atoms with Crippen molar-refractivity contribution in [3.63, 3.8) is 0 Å². The molecule has 0 bridgehead atoms. The lowest BCUT2D eigenvalue weighted by Crippen LogP contribution is -2.15. The Bertz CT molecular complexity index is 734. The van der Waals surface area contributed by atoms with E-state index in [2.05, 4.69) is 15.5 Å². The summed E-state index contributed by atoms with van der Waals surface area (Å²) in [6, 6.07) is 4.43. The van der Waals surface area contributed by atoms with Crippen LogP contribution in [0.3, 0.4) is 0 Å². The molecule has 8 nitrogen and oxygen atoms in total. The molecule has 0 saturated heterocycles. The topological polar surface area (TPSA) is 125 Å². The molecule has 0 aliphatic heterocycles. The number of aromatic nitrogens is 2. The van der Waals surface area contributed by atoms with Crippen LogP contribution in [0.4, 0.5) is 15.9 Å². The summed E-state index contributed by atoms with van der Waals surface area (Å²) < 4.78 is 13.6. The molecule has 0 aliphatic rings. The van der Waals surface area contributed by atoms with Gasteiger partial charge in [-0.05, 0) is 6.07 Å². The molecule has 100 valence electrons. The number of benzene rings is 1. The van der Waals surface area contributed by atoms with Crippen LogP contribution in [-0.2, 0) is 0 Å². The predicted molar refractivity (Wildman–Crippen MR) is 64.3 cm³/mol. The van der Waals surface area contributed by atoms with Crippen molar-refractivity contribution in [3.05, 3.63) is 51.5 Å². The van der Waals surface area contributed by atoms with E-state index in [1.54, 1.807) is 6.07 Å². The van der Waals surface area contributed by atoms with Gasteiger partial charge in [0.1, 0.15) is 23.3 Å². The molecule has 0 unspecified atom stereocenters. The van der Waals surface area contributed by atoms with Crippen LogP contribution in [0.1, 0.15) is 15.9 Å². The van der Waals surface area contributed by atoms with Gasteiger partial charge in [0.05, 0.1) is 22.7 Å². The lowest BCUT2D eigenvalue weighted by atomic mass is 10.2. The lowest BCUT2D eigenvalue weighted by Gasteiger charge is -2.04. The van der Waals surface area contributed by atoms with Crippen LogP contribution in [0, 0.1) is 27.3 Å². The van der Waals surface area contributed by atoms with E-state index in [4.69, 9.17) is 5.26 Å². The van der Waals surface area contributed by atoms with E-state index in [0.717, 1.165) is 12.1 Å². The van der Waals surface area contributed by atoms with Crippen molar-refractivity contribution >= 4 is 17.4 Å². The standard InChI is InChI=1S/C11H6FN5O3/c12-9-3-7(17(19)20)1-2-8(9)11(18)15-10-6(4-13)5-14-16-10/h1-3,5H,(H2,14,15,16,18). The number of aromatic amines is 1. The second-order valence-electron chi connectivity index (χ2n) is 3.65. The first-order chi connectivity index (χ1) is 9.52. The number of anilines is 1. The number of hydrogen-bond donors (Lipinski definition) is 2. The highest BCUT2D eigenvalue weighted by Gasteiger charge is 2.17. The van der Waals surface area contributed by atoms with Gasteiger partial charge >= 0.3 is 0 Å². The SMILES string of the molecule is N#Cc1cn[nH]c1NC(=O)c1ccc([N+](=O)[O-])cc1F. The first kappa shape index (κ1) is 13.2. The fraction of sp³-hybridized carbons (Fsp3) is 0. The Kier molecular flexibility index (Phi) is 3.39. The zero-order valence-corrected chi connectivity index (χ0v) is 9.75. The largest absolute Gasteiger partial charge is 0.306 e. The Morgan fingerprint density at radius 3 is 2.90 bits per heavy atom. The van der Waals surface area contributed by atoms with Gasteiger partial charge in [0.25, 0.3) is 11.6 Å². The Balaban J connectivity index is 2.26. The van der Waals surface area contributed by atoms with Crippen LogP contribution in [-0.4, -0.2) is 21.0 Å². The highest BCUT2D eigenvalue weighted by molar-refractivity contribution is 6.04. The molecule has 2 N–H and O–H groups in total. The van der Waals surface area contributed by atoms with Crippen molar-refractivity contribution in [1.82, 2.24) is 10.2 Å². The van der Waals surface area contributed by atoms with Crippen LogP contribution in [0.15, 0.2) is 24.4 Å². The Hall–Kier alpha value is -3.28. The minimum Gasteiger partial charge on any atom is -0.306 e. The van der Waals surface area contributed by atoms with E-state index in [1.165, 1.54) is 6.20 Å². The zero-order valence-electron chi connectivity index (χ0n) is 9.75. The minimum absolute atomic E-state index is 0.0234. The molecule has 0 aliphatic carbocycles. The maximum absolute atomic E-state index is 13.6. The van der Waals surface area contributed by atoms with Gasteiger partial charge in [-0.25, -0.2) is 4.39 Å². The highest BCUT2D eigenvalue weighted by atomic mass is 19.1. The monoisotopic (exact) mass is 275 g/mol. The number of H-pyrrole nitrogens is 1. The van der Waals surface area contributed by atoms with Crippen molar-refractivity contribution in [1.29, 1.82) is 5.26 Å². The van der Waals surface area contributed by atoms with Gasteiger partial charge in [0.2, 0.25) is 0 Å². The minimum atomic E-state index is -1.03. The molecule has 20 heavy (non-hydrogen) atoms. The van der Waals surface area contributed by atoms with E-state index in [9.17, 15) is 19.3 Å². The van der Waals surface area contributed by atoms with Crippen molar-refractivity contribution in [2.75, 3.05) is 5.32 Å². The van der Waals surface area contributed by atoms with Crippen LogP contribution in [0.2, 0.25) is 0 Å². The Morgan fingerprint density at radius 2 is 2.30 bits per heavy atom. The number of halogens is 1. The Morgan fingerprint density at radius 1 is 1.55 bits per heavy atom. The van der Waals surface area contributed by atoms with Crippen LogP contribution < -0.4 is 5.32 Å². The lowest BCUT2D eigenvalue weighted by molar-refractivity contribution is -0.385. The molecule has 9 heteroatoms. The number of amides is 1. The Labute approximate surface area is 111 Å². The van der Waals surface area contributed by atoms with Crippen molar-refractivity contribution in [2.24, 2.45) is 0 Å². The number of nitrogens with zero attached hydrogens (tertiary/aromatic N) is 3. The summed E-state index contributed by atoms with van der Waals surface area (Å²) in [5, 5.41) is 27.4. The van der Waals surface area contributed by atoms with Crippen molar-refractivity contribution in [2.45, 2.75) is 0 Å². The molecule has 0 atom stereocenters. The smallest absolute Gasteiger partial charge is 0.272 e. The first-order valence-corrected chi connectivity index (χ1v) is 5.21. The highest BCUT2D eigenvalue weighted by Crippen LogP contribution is 2.18. The third-order valence-corrected chi connectivity index (χ3v) is 2.41. The molecule has 0 saturated carbocycles. The molecular weight excluding hydrogens is 269 g/mol. The van der Waals surface area contributed by atoms with Gasteiger partial charge in [0.15, 0.2) is 0 Å². The molecule has 1 amide bonds. The summed E-state index contributed by atoms with van der Waals surface area (Å²) in [5.41, 5.74) is -0.756. The molecule has 2 aromatic rings. The van der Waals surface area contributed by atoms with E-state index >= 15 is 0 Å². The van der Waals surface area contributed by atoms with Crippen LogP contribution in [0.5, 0.6) is 0 Å². The summed E-state index contributed by atoms with van der Waals surface area (Å²) in [7, 11) is 0. The zero-order chi connectivity index (χ0) is 14.7. The van der Waals surface area contributed by atoms with Crippen LogP contribution >= 0.6 is 0 Å². The van der Waals surface area contributed by atoms with Crippen molar-refractivity contribution < 1.29 is 14.1 Å². The summed E-state index contributed by atoms with van der Waals surface area (Å²) in [4.78, 5) is 21.5. The third-order valence-electron chi connectivity index (χ3n) is 2.41. The van der Waals surface area contributed by atoms with Gasteiger partial charge in [-0.15, -0.1) is 0 Å². The van der Waals surface area contributed by atoms with Gasteiger partial charge in [-0.3, -0.25) is 20.0 Å². The molecular formula is C11H6FN5O3. The summed E-state index contributed by atoms with van der Waals surface area (Å²) in [5.74, 6) is -1.86. The summed E-state index contributed by atoms with van der Waals surface area (Å²) in [6.45, 7) is 0. The molecule has 0 spiro atoms. The van der Waals surface area contributed by atoms with Gasteiger partial charge in [0, 0.05) is 6.07 Å². The van der Waals surface area contributed by atoms with Gasteiger partial charge in [-0.1, -0.05) is 0 Å². The number of nitro benzene ring substituents is 1. The fourth-order valence-corrected chi connectivity index (χ4v) is 1.45. The second kappa shape index (κ2) is 5.15. The second-order valence-corrected chi connectivity index (χ2v) is 3.65. The fourth-order valence-electron chi connectivity index (χ4n) is 1.45. The number of carbonyl (C=O) groups excluding carboxylic acids is 1. The molecule has 1 heterocycles. The number of rotatable bonds is 3. The number of nitro groups is 1. The molecule has 1 aromatic carbocycles. The molecule has 0 radical (unpaired) electrons. The average molecular weight is 275 g/mol. The number of carbonyl (C=O) groups is 1. The van der Waals surface area contributed by atoms with E-state index < -0.39 is 22.3 Å². The van der Waals surface area contributed by atoms with Crippen LogP contribution in [0.25, 0.3) is 0 Å². The number of hydrogen-bond acceptors (Lipinski definition) is 5. The van der Waals surface area contributed by atoms with E-state index in [1.807, 2.05) is 0 Å². The van der Waals surface area contributed by atoms with Gasteiger partial charge < -0.3 is 5.32 Å². The van der Waals surface area contributed by atoms with Gasteiger partial charge in [-0.2, -0.15) is 10.4 Å². The normalized spacial score (nSPS) is 9.80. The molecule has 1 aromatic heterocycles. The number of nitriles is 1. The quantitative estimate of drug-likeness (QED) is 0.649. The summed E-state index contributed by atoms with van der Waals surface area (Å²) in [6.07, 6.45) is 1.20. The molecule has 2 rings (SSSR count). The third kappa shape index (κ3) is 2.44. The number of non-ortho nitro benzene ring substituents is 1. The average Bonchev–Trinajstić information content (AvgIpc) is 2.85. The predicted octanol–water partition coefficient (Wildman–Crippen LogP) is 1.58. The van der Waals surface area contributed by atoms with E-state index in [0.29, 0.717) is 6.07 Å². The summed E-state index contributed by atoms with van der Waals surface area (Å²) >= 11 is 0. The maximum atomic E-state index is 13.6. The number of nitrogens with one attached hydrogen (secondary N) is 2. The first-order valence-electron chi connectivity index (χ1n) is 5.21. The molecule has 0 fully saturated rings. The van der Waals surface area contributed by atoms with E-state index in [-0.39, 0.29) is 16.9 Å². The maximum Gasteiger partial charge on any atom is 0.272 e. The van der Waals surface area contributed by atoms with Crippen molar-refractivity contribution in [3.8, 4) is 6.07 Å².